The summed E-state index contributed by atoms with van der Waals surface area (Å²) in [4.78, 5) is 10.3. The van der Waals surface area contributed by atoms with Crippen molar-refractivity contribution in [2.75, 3.05) is 0 Å². The standard InChI is InChI=1S/C18H36O2.Ba.2H/c1-2-3-4-5-6-7-8-9-10-11-12-13-14-15-16-17-18(19)20;;;/h2-17H2,1H3,(H,19,20);;;. The minimum absolute atomic E-state index is 0. The average Bonchev–Trinajstić information content (AvgIpc) is 2.43. The maximum atomic E-state index is 10.3. The Morgan fingerprint density at radius 3 is 1.19 bits per heavy atom. The van der Waals surface area contributed by atoms with Crippen LogP contribution in [-0.4, -0.2) is 60.0 Å². The van der Waals surface area contributed by atoms with E-state index in [1.807, 2.05) is 0 Å². The van der Waals surface area contributed by atoms with Gasteiger partial charge in [-0.3, -0.25) is 4.79 Å². The van der Waals surface area contributed by atoms with Crippen molar-refractivity contribution in [1.82, 2.24) is 0 Å². The van der Waals surface area contributed by atoms with Gasteiger partial charge in [0.2, 0.25) is 0 Å². The van der Waals surface area contributed by atoms with Crippen LogP contribution in [0.5, 0.6) is 0 Å². The summed E-state index contributed by atoms with van der Waals surface area (Å²) in [6.07, 6.45) is 20.2. The average molecular weight is 424 g/mol. The second-order valence-corrected chi connectivity index (χ2v) is 6.09. The molecule has 0 aromatic heterocycles. The summed E-state index contributed by atoms with van der Waals surface area (Å²) < 4.78 is 0. The Bertz CT molecular complexity index is 207. The van der Waals surface area contributed by atoms with Crippen LogP contribution in [0, 0.1) is 0 Å². The first-order valence-electron chi connectivity index (χ1n) is 8.99. The maximum absolute atomic E-state index is 10.3. The first-order chi connectivity index (χ1) is 9.77. The molecule has 2 nitrogen and oxygen atoms in total. The van der Waals surface area contributed by atoms with Crippen LogP contribution in [0.2, 0.25) is 0 Å². The van der Waals surface area contributed by atoms with E-state index in [9.17, 15) is 4.79 Å². The second-order valence-electron chi connectivity index (χ2n) is 6.09. The molecule has 21 heavy (non-hydrogen) atoms. The fraction of sp³-hybridized carbons (Fsp3) is 0.944. The van der Waals surface area contributed by atoms with Crippen molar-refractivity contribution in [3.8, 4) is 0 Å². The fourth-order valence-electron chi connectivity index (χ4n) is 2.65. The fourth-order valence-corrected chi connectivity index (χ4v) is 2.65. The Labute approximate surface area is 172 Å². The zero-order valence-electron chi connectivity index (χ0n) is 13.7. The van der Waals surface area contributed by atoms with Crippen LogP contribution in [-0.2, 0) is 4.79 Å². The van der Waals surface area contributed by atoms with Crippen molar-refractivity contribution in [2.45, 2.75) is 110 Å². The first-order valence-corrected chi connectivity index (χ1v) is 8.99. The van der Waals surface area contributed by atoms with Crippen LogP contribution >= 0.6 is 0 Å². The van der Waals surface area contributed by atoms with Crippen molar-refractivity contribution in [3.63, 3.8) is 0 Å². The third-order valence-corrected chi connectivity index (χ3v) is 3.99. The SMILES string of the molecule is CCCCCCCCCCCCCCCCCC(=O)O.[BaH2]. The third kappa shape index (κ3) is 23.4. The number of carboxylic acids is 1. The molecule has 0 radical (unpaired) electrons. The molecule has 1 N–H and O–H groups in total. The second kappa shape index (κ2) is 21.0. The van der Waals surface area contributed by atoms with Gasteiger partial charge >= 0.3 is 54.9 Å². The van der Waals surface area contributed by atoms with Gasteiger partial charge in [0, 0.05) is 6.42 Å². The molecular formula is C18H38BaO2. The summed E-state index contributed by atoms with van der Waals surface area (Å²) in [5.41, 5.74) is 0. The molecule has 0 saturated heterocycles. The molecule has 0 fully saturated rings. The van der Waals surface area contributed by atoms with Gasteiger partial charge in [0.1, 0.15) is 0 Å². The normalized spacial score (nSPS) is 10.3. The zero-order valence-corrected chi connectivity index (χ0v) is 13.7. The molecule has 0 aromatic rings. The van der Waals surface area contributed by atoms with Gasteiger partial charge in [0.25, 0.3) is 0 Å². The van der Waals surface area contributed by atoms with Gasteiger partial charge in [0.15, 0.2) is 0 Å². The topological polar surface area (TPSA) is 37.3 Å². The van der Waals surface area contributed by atoms with Crippen LogP contribution in [0.25, 0.3) is 0 Å². The number of aliphatic carboxylic acids is 1. The number of hydrogen-bond donors (Lipinski definition) is 1. The molecular weight excluding hydrogens is 386 g/mol. The van der Waals surface area contributed by atoms with Crippen LogP contribution in [0.3, 0.4) is 0 Å². The van der Waals surface area contributed by atoms with Crippen molar-refractivity contribution in [3.05, 3.63) is 0 Å². The van der Waals surface area contributed by atoms with Gasteiger partial charge in [-0.1, -0.05) is 96.8 Å². The van der Waals surface area contributed by atoms with E-state index in [-0.39, 0.29) is 48.9 Å². The Kier molecular flexibility index (Phi) is 24.3. The van der Waals surface area contributed by atoms with E-state index >= 15 is 0 Å². The van der Waals surface area contributed by atoms with Crippen LogP contribution in [0.15, 0.2) is 0 Å². The van der Waals surface area contributed by atoms with Gasteiger partial charge in [0.05, 0.1) is 0 Å². The van der Waals surface area contributed by atoms with Crippen LogP contribution < -0.4 is 0 Å². The molecule has 3 heteroatoms. The van der Waals surface area contributed by atoms with Gasteiger partial charge in [-0.05, 0) is 6.42 Å². The van der Waals surface area contributed by atoms with Gasteiger partial charge in [-0.2, -0.15) is 0 Å². The molecule has 0 bridgehead atoms. The van der Waals surface area contributed by atoms with E-state index in [1.165, 1.54) is 83.5 Å². The minimum atomic E-state index is -0.653. The zero-order chi connectivity index (χ0) is 14.9. The first kappa shape index (κ1) is 24.3. The van der Waals surface area contributed by atoms with E-state index in [2.05, 4.69) is 6.92 Å². The summed E-state index contributed by atoms with van der Waals surface area (Å²) in [7, 11) is 0. The number of hydrogen-bond acceptors (Lipinski definition) is 1. The molecule has 0 unspecified atom stereocenters. The van der Waals surface area contributed by atoms with Crippen molar-refractivity contribution < 1.29 is 9.90 Å². The monoisotopic (exact) mass is 424 g/mol. The molecule has 0 rings (SSSR count). The van der Waals surface area contributed by atoms with E-state index in [0.717, 1.165) is 12.8 Å². The van der Waals surface area contributed by atoms with E-state index < -0.39 is 5.97 Å². The molecule has 0 atom stereocenters. The van der Waals surface area contributed by atoms with E-state index in [0.29, 0.717) is 6.42 Å². The number of carboxylic acid groups (broad SMARTS) is 1. The molecule has 0 spiro atoms. The molecule has 0 aliphatic heterocycles. The van der Waals surface area contributed by atoms with Crippen molar-refractivity contribution >= 4 is 54.9 Å². The quantitative estimate of drug-likeness (QED) is 0.266. The molecule has 124 valence electrons. The molecule has 0 aliphatic carbocycles. The summed E-state index contributed by atoms with van der Waals surface area (Å²) in [5.74, 6) is -0.653. The molecule has 0 heterocycles. The number of rotatable bonds is 16. The Hall–Kier alpha value is 1.04. The third-order valence-electron chi connectivity index (χ3n) is 3.99. The van der Waals surface area contributed by atoms with Gasteiger partial charge in [-0.15, -0.1) is 0 Å². The summed E-state index contributed by atoms with van der Waals surface area (Å²) in [5, 5.41) is 8.52. The Morgan fingerprint density at radius 2 is 0.905 bits per heavy atom. The predicted molar refractivity (Wildman–Crippen MR) is 95.7 cm³/mol. The van der Waals surface area contributed by atoms with Crippen LogP contribution in [0.4, 0.5) is 0 Å². The number of unbranched alkanes of at least 4 members (excludes halogenated alkanes) is 14. The van der Waals surface area contributed by atoms with E-state index in [1.54, 1.807) is 0 Å². The predicted octanol–water partition coefficient (Wildman–Crippen LogP) is 5.42. The molecule has 0 aliphatic rings. The summed E-state index contributed by atoms with van der Waals surface area (Å²) in [6.45, 7) is 2.27. The Morgan fingerprint density at radius 1 is 0.619 bits per heavy atom. The Balaban J connectivity index is 0. The van der Waals surface area contributed by atoms with Crippen molar-refractivity contribution in [2.24, 2.45) is 0 Å². The number of carbonyl (C=O) groups is 1. The molecule has 0 saturated carbocycles. The van der Waals surface area contributed by atoms with E-state index in [4.69, 9.17) is 5.11 Å². The summed E-state index contributed by atoms with van der Waals surface area (Å²) in [6, 6.07) is 0. The molecule has 0 aromatic carbocycles. The summed E-state index contributed by atoms with van der Waals surface area (Å²) >= 11 is 0. The van der Waals surface area contributed by atoms with Crippen molar-refractivity contribution in [1.29, 1.82) is 0 Å². The van der Waals surface area contributed by atoms with Gasteiger partial charge < -0.3 is 5.11 Å². The molecule has 0 amide bonds. The van der Waals surface area contributed by atoms with Gasteiger partial charge in [-0.25, -0.2) is 0 Å². The van der Waals surface area contributed by atoms with Crippen LogP contribution in [0.1, 0.15) is 110 Å².